The van der Waals surface area contributed by atoms with Crippen LogP contribution in [0.25, 0.3) is 0 Å². The molecule has 0 atom stereocenters. The van der Waals surface area contributed by atoms with Gasteiger partial charge in [-0.3, -0.25) is 4.79 Å². The van der Waals surface area contributed by atoms with E-state index >= 15 is 0 Å². The fraction of sp³-hybridized carbons (Fsp3) is 0.435. The van der Waals surface area contributed by atoms with Crippen molar-refractivity contribution in [1.82, 2.24) is 4.31 Å². The first kappa shape index (κ1) is 20.1. The third-order valence-electron chi connectivity index (χ3n) is 6.14. The Labute approximate surface area is 173 Å². The number of aryl methyl sites for hydroxylation is 3. The van der Waals surface area contributed by atoms with Crippen LogP contribution in [-0.4, -0.2) is 31.7 Å². The highest BCUT2D eigenvalue weighted by Crippen LogP contribution is 2.29. The molecule has 1 aliphatic carbocycles. The molecule has 0 spiro atoms. The third-order valence-corrected chi connectivity index (χ3v) is 8.03. The maximum absolute atomic E-state index is 13.1. The van der Waals surface area contributed by atoms with Crippen LogP contribution in [0.3, 0.4) is 0 Å². The molecule has 2 aliphatic rings. The molecule has 2 aromatic carbocycles. The lowest BCUT2D eigenvalue weighted by molar-refractivity contribution is -0.120. The van der Waals surface area contributed by atoms with E-state index in [0.717, 1.165) is 36.9 Å². The van der Waals surface area contributed by atoms with Crippen molar-refractivity contribution in [3.05, 3.63) is 59.2 Å². The Morgan fingerprint density at radius 2 is 1.83 bits per heavy atom. The van der Waals surface area contributed by atoms with Crippen LogP contribution in [-0.2, 0) is 34.1 Å². The number of amides is 1. The standard InChI is InChI=1S/C23H28N2O3S/c1-2-17-5-3-8-21(15-17)24-23(26)19-11-13-25(14-12-19)29(27,28)22-10-9-18-6-4-7-20(18)16-22/h3,5,8-10,15-16,19H,2,4,6-7,11-14H2,1H3,(H,24,26). The van der Waals surface area contributed by atoms with E-state index in [-0.39, 0.29) is 11.8 Å². The SMILES string of the molecule is CCc1cccc(NC(=O)C2CCN(S(=O)(=O)c3ccc4c(c3)CCC4)CC2)c1. The van der Waals surface area contributed by atoms with Crippen molar-refractivity contribution < 1.29 is 13.2 Å². The number of hydrogen-bond acceptors (Lipinski definition) is 3. The van der Waals surface area contributed by atoms with Crippen molar-refractivity contribution in [2.24, 2.45) is 5.92 Å². The zero-order valence-corrected chi connectivity index (χ0v) is 17.7. The molecule has 1 N–H and O–H groups in total. The molecule has 1 amide bonds. The van der Waals surface area contributed by atoms with Gasteiger partial charge in [0, 0.05) is 24.7 Å². The van der Waals surface area contributed by atoms with E-state index < -0.39 is 10.0 Å². The van der Waals surface area contributed by atoms with Crippen molar-refractivity contribution in [2.45, 2.75) is 50.3 Å². The molecule has 0 bridgehead atoms. The van der Waals surface area contributed by atoms with Crippen LogP contribution in [0.2, 0.25) is 0 Å². The van der Waals surface area contributed by atoms with Crippen molar-refractivity contribution >= 4 is 21.6 Å². The molecular weight excluding hydrogens is 384 g/mol. The minimum absolute atomic E-state index is 0.0205. The first-order valence-corrected chi connectivity index (χ1v) is 11.9. The molecule has 0 aromatic heterocycles. The molecule has 4 rings (SSSR count). The maximum Gasteiger partial charge on any atom is 0.243 e. The molecule has 2 aromatic rings. The third kappa shape index (κ3) is 4.23. The van der Waals surface area contributed by atoms with Gasteiger partial charge in [0.15, 0.2) is 0 Å². The summed E-state index contributed by atoms with van der Waals surface area (Å²) in [5.74, 6) is -0.181. The van der Waals surface area contributed by atoms with Gasteiger partial charge in [-0.1, -0.05) is 25.1 Å². The summed E-state index contributed by atoms with van der Waals surface area (Å²) in [5.41, 5.74) is 4.42. The van der Waals surface area contributed by atoms with E-state index in [1.54, 1.807) is 6.07 Å². The van der Waals surface area contributed by atoms with Gasteiger partial charge in [0.1, 0.15) is 0 Å². The number of rotatable bonds is 5. The van der Waals surface area contributed by atoms with Gasteiger partial charge in [-0.15, -0.1) is 0 Å². The summed E-state index contributed by atoms with van der Waals surface area (Å²) < 4.78 is 27.6. The summed E-state index contributed by atoms with van der Waals surface area (Å²) in [6.07, 6.45) is 5.10. The highest BCUT2D eigenvalue weighted by molar-refractivity contribution is 7.89. The second kappa shape index (κ2) is 8.28. The Hall–Kier alpha value is -2.18. The molecule has 1 fully saturated rings. The number of piperidine rings is 1. The first-order valence-electron chi connectivity index (χ1n) is 10.5. The number of nitrogens with one attached hydrogen (secondary N) is 1. The predicted molar refractivity (Wildman–Crippen MR) is 114 cm³/mol. The minimum atomic E-state index is -3.50. The molecule has 1 saturated heterocycles. The summed E-state index contributed by atoms with van der Waals surface area (Å²) in [7, 11) is -3.50. The average Bonchev–Trinajstić information content (AvgIpc) is 3.22. The zero-order chi connectivity index (χ0) is 20.4. The molecule has 0 saturated carbocycles. The Morgan fingerprint density at radius 3 is 2.59 bits per heavy atom. The fourth-order valence-corrected chi connectivity index (χ4v) is 5.85. The summed E-state index contributed by atoms with van der Waals surface area (Å²) in [4.78, 5) is 13.0. The van der Waals surface area contributed by atoms with E-state index in [2.05, 4.69) is 12.2 Å². The molecule has 0 unspecified atom stereocenters. The van der Waals surface area contributed by atoms with Crippen molar-refractivity contribution in [2.75, 3.05) is 18.4 Å². The van der Waals surface area contributed by atoms with E-state index in [1.165, 1.54) is 15.4 Å². The van der Waals surface area contributed by atoms with Crippen LogP contribution < -0.4 is 5.32 Å². The molecule has 1 aliphatic heterocycles. The van der Waals surface area contributed by atoms with E-state index in [0.29, 0.717) is 30.8 Å². The number of carbonyl (C=O) groups excluding carboxylic acids is 1. The van der Waals surface area contributed by atoms with Gasteiger partial charge < -0.3 is 5.32 Å². The first-order chi connectivity index (χ1) is 14.0. The van der Waals surface area contributed by atoms with Gasteiger partial charge in [0.05, 0.1) is 4.90 Å². The molecule has 0 radical (unpaired) electrons. The highest BCUT2D eigenvalue weighted by atomic mass is 32.2. The smallest absolute Gasteiger partial charge is 0.243 e. The largest absolute Gasteiger partial charge is 0.326 e. The van der Waals surface area contributed by atoms with Crippen LogP contribution in [0.4, 0.5) is 5.69 Å². The molecule has 29 heavy (non-hydrogen) atoms. The fourth-order valence-electron chi connectivity index (χ4n) is 4.33. The quantitative estimate of drug-likeness (QED) is 0.813. The van der Waals surface area contributed by atoms with E-state index in [9.17, 15) is 13.2 Å². The molecule has 5 nitrogen and oxygen atoms in total. The van der Waals surface area contributed by atoms with Gasteiger partial charge in [0.25, 0.3) is 0 Å². The van der Waals surface area contributed by atoms with E-state index in [4.69, 9.17) is 0 Å². The Kier molecular flexibility index (Phi) is 5.74. The van der Waals surface area contributed by atoms with Crippen LogP contribution >= 0.6 is 0 Å². The Balaban J connectivity index is 1.39. The number of nitrogens with zero attached hydrogens (tertiary/aromatic N) is 1. The maximum atomic E-state index is 13.1. The number of fused-ring (bicyclic) bond motifs is 1. The van der Waals surface area contributed by atoms with Crippen molar-refractivity contribution in [3.8, 4) is 0 Å². The number of hydrogen-bond donors (Lipinski definition) is 1. The van der Waals surface area contributed by atoms with Gasteiger partial charge >= 0.3 is 0 Å². The van der Waals surface area contributed by atoms with E-state index in [1.807, 2.05) is 36.4 Å². The summed E-state index contributed by atoms with van der Waals surface area (Å²) in [6.45, 7) is 2.84. The number of anilines is 1. The Bertz CT molecular complexity index is 1010. The van der Waals surface area contributed by atoms with Gasteiger partial charge in [0.2, 0.25) is 15.9 Å². The summed E-state index contributed by atoms with van der Waals surface area (Å²) >= 11 is 0. The number of sulfonamides is 1. The van der Waals surface area contributed by atoms with Gasteiger partial charge in [-0.25, -0.2) is 8.42 Å². The second-order valence-electron chi connectivity index (χ2n) is 8.01. The lowest BCUT2D eigenvalue weighted by atomic mass is 9.97. The van der Waals surface area contributed by atoms with Crippen LogP contribution in [0, 0.1) is 5.92 Å². The monoisotopic (exact) mass is 412 g/mol. The summed E-state index contributed by atoms with van der Waals surface area (Å²) in [6, 6.07) is 13.4. The van der Waals surface area contributed by atoms with Crippen molar-refractivity contribution in [3.63, 3.8) is 0 Å². The topological polar surface area (TPSA) is 66.5 Å². The predicted octanol–water partition coefficient (Wildman–Crippen LogP) is 3.78. The Morgan fingerprint density at radius 1 is 1.07 bits per heavy atom. The summed E-state index contributed by atoms with van der Waals surface area (Å²) in [5, 5.41) is 2.99. The van der Waals surface area contributed by atoms with Crippen molar-refractivity contribution in [1.29, 1.82) is 0 Å². The van der Waals surface area contributed by atoms with Crippen LogP contribution in [0.5, 0.6) is 0 Å². The molecular formula is C23H28N2O3S. The normalized spacial score (nSPS) is 17.8. The number of benzene rings is 2. The lowest BCUT2D eigenvalue weighted by Crippen LogP contribution is -2.41. The van der Waals surface area contributed by atoms with Crippen LogP contribution in [0.15, 0.2) is 47.4 Å². The second-order valence-corrected chi connectivity index (χ2v) is 9.94. The highest BCUT2D eigenvalue weighted by Gasteiger charge is 2.32. The molecule has 1 heterocycles. The molecule has 154 valence electrons. The average molecular weight is 413 g/mol. The van der Waals surface area contributed by atoms with Crippen LogP contribution in [0.1, 0.15) is 42.9 Å². The van der Waals surface area contributed by atoms with Gasteiger partial charge in [-0.05, 0) is 79.5 Å². The zero-order valence-electron chi connectivity index (χ0n) is 16.9. The minimum Gasteiger partial charge on any atom is -0.326 e. The van der Waals surface area contributed by atoms with Gasteiger partial charge in [-0.2, -0.15) is 4.31 Å². The number of carbonyl (C=O) groups is 1. The lowest BCUT2D eigenvalue weighted by Gasteiger charge is -2.30. The molecule has 6 heteroatoms.